The topological polar surface area (TPSA) is 97.7 Å². The molecule has 0 fully saturated rings. The van der Waals surface area contributed by atoms with Gasteiger partial charge in [0, 0.05) is 18.8 Å². The fraction of sp³-hybridized carbons (Fsp3) is 0.474. The zero-order valence-electron chi connectivity index (χ0n) is 16.9. The smallest absolute Gasteiger partial charge is 0.350 e. The molecule has 0 saturated heterocycles. The Labute approximate surface area is 169 Å². The predicted molar refractivity (Wildman–Crippen MR) is 110 cm³/mol. The number of esters is 1. The number of carbonyl (C=O) groups is 1. The van der Waals surface area contributed by atoms with Crippen LogP contribution >= 0.6 is 11.3 Å². The molecule has 2 rings (SSSR count). The number of nitrogens with zero attached hydrogens (tertiary/aromatic N) is 3. The van der Waals surface area contributed by atoms with Gasteiger partial charge in [-0.1, -0.05) is 6.07 Å². The van der Waals surface area contributed by atoms with Gasteiger partial charge < -0.3 is 20.1 Å². The van der Waals surface area contributed by atoms with E-state index in [1.165, 1.54) is 11.3 Å². The summed E-state index contributed by atoms with van der Waals surface area (Å²) in [5.41, 5.74) is 1.65. The van der Waals surface area contributed by atoms with Gasteiger partial charge in [-0.3, -0.25) is 0 Å². The summed E-state index contributed by atoms with van der Waals surface area (Å²) in [5.74, 6) is 0.905. The van der Waals surface area contributed by atoms with Gasteiger partial charge in [-0.15, -0.1) is 11.3 Å². The molecular weight excluding hydrogens is 378 g/mol. The van der Waals surface area contributed by atoms with E-state index < -0.39 is 0 Å². The zero-order chi connectivity index (χ0) is 20.5. The standard InChI is InChI=1S/C19H27N5O3S/c1-6-20-19(22-11-14-8-9-15(26-5)21-10-14)24-13(4)17-23-12(3)16(28-17)18(25)27-7-2/h8-10,13H,6-7,11H2,1-5H3,(H2,20,22,24). The van der Waals surface area contributed by atoms with Crippen molar-refractivity contribution in [3.8, 4) is 5.88 Å². The average molecular weight is 406 g/mol. The molecule has 28 heavy (non-hydrogen) atoms. The Bertz CT molecular complexity index is 804. The Morgan fingerprint density at radius 2 is 2.14 bits per heavy atom. The molecule has 0 aliphatic rings. The molecule has 0 saturated carbocycles. The average Bonchev–Trinajstić information content (AvgIpc) is 3.09. The van der Waals surface area contributed by atoms with Gasteiger partial charge in [0.05, 0.1) is 32.0 Å². The van der Waals surface area contributed by atoms with E-state index in [2.05, 4.69) is 25.6 Å². The molecule has 0 radical (unpaired) electrons. The van der Waals surface area contributed by atoms with E-state index in [1.54, 1.807) is 20.2 Å². The van der Waals surface area contributed by atoms with Crippen molar-refractivity contribution in [1.29, 1.82) is 0 Å². The van der Waals surface area contributed by atoms with Crippen LogP contribution in [0.5, 0.6) is 5.88 Å². The van der Waals surface area contributed by atoms with E-state index >= 15 is 0 Å². The zero-order valence-corrected chi connectivity index (χ0v) is 17.7. The predicted octanol–water partition coefficient (Wildman–Crippen LogP) is 2.85. The number of methoxy groups -OCH3 is 1. The van der Waals surface area contributed by atoms with Crippen LogP contribution in [0.15, 0.2) is 23.3 Å². The maximum absolute atomic E-state index is 12.0. The second-order valence-electron chi connectivity index (χ2n) is 5.96. The van der Waals surface area contributed by atoms with E-state index in [0.29, 0.717) is 35.6 Å². The van der Waals surface area contributed by atoms with Crippen LogP contribution in [-0.2, 0) is 11.3 Å². The molecule has 2 heterocycles. The number of aliphatic imine (C=N–C) groups is 1. The van der Waals surface area contributed by atoms with Crippen LogP contribution in [0.4, 0.5) is 0 Å². The number of pyridine rings is 1. The van der Waals surface area contributed by atoms with Crippen LogP contribution in [0, 0.1) is 6.92 Å². The number of aryl methyl sites for hydroxylation is 1. The molecule has 0 bridgehead atoms. The number of hydrogen-bond acceptors (Lipinski definition) is 7. The lowest BCUT2D eigenvalue weighted by molar-refractivity contribution is 0.0531. The summed E-state index contributed by atoms with van der Waals surface area (Å²) >= 11 is 1.34. The first-order valence-corrected chi connectivity index (χ1v) is 9.98. The highest BCUT2D eigenvalue weighted by Gasteiger charge is 2.20. The van der Waals surface area contributed by atoms with Crippen LogP contribution < -0.4 is 15.4 Å². The third-order valence-electron chi connectivity index (χ3n) is 3.77. The molecule has 0 aliphatic heterocycles. The van der Waals surface area contributed by atoms with Crippen molar-refractivity contribution in [3.63, 3.8) is 0 Å². The summed E-state index contributed by atoms with van der Waals surface area (Å²) in [5, 5.41) is 7.35. The van der Waals surface area contributed by atoms with Gasteiger partial charge in [-0.25, -0.2) is 19.8 Å². The Morgan fingerprint density at radius 1 is 1.36 bits per heavy atom. The lowest BCUT2D eigenvalue weighted by atomic mass is 10.3. The number of ether oxygens (including phenoxy) is 2. The monoisotopic (exact) mass is 405 g/mol. The molecule has 152 valence electrons. The van der Waals surface area contributed by atoms with Crippen molar-refractivity contribution in [2.75, 3.05) is 20.3 Å². The van der Waals surface area contributed by atoms with Crippen molar-refractivity contribution in [1.82, 2.24) is 20.6 Å². The molecule has 0 aromatic carbocycles. The lowest BCUT2D eigenvalue weighted by Gasteiger charge is -2.16. The van der Waals surface area contributed by atoms with Gasteiger partial charge in [0.1, 0.15) is 9.88 Å². The molecule has 0 amide bonds. The fourth-order valence-corrected chi connectivity index (χ4v) is 3.33. The summed E-state index contributed by atoms with van der Waals surface area (Å²) in [6, 6.07) is 3.62. The van der Waals surface area contributed by atoms with Crippen molar-refractivity contribution < 1.29 is 14.3 Å². The van der Waals surface area contributed by atoms with Crippen molar-refractivity contribution >= 4 is 23.3 Å². The first-order chi connectivity index (χ1) is 13.5. The number of aromatic nitrogens is 2. The number of guanidine groups is 1. The Morgan fingerprint density at radius 3 is 2.75 bits per heavy atom. The molecule has 2 aromatic heterocycles. The van der Waals surface area contributed by atoms with E-state index in [-0.39, 0.29) is 12.0 Å². The summed E-state index contributed by atoms with van der Waals surface area (Å²) in [4.78, 5) is 25.8. The highest BCUT2D eigenvalue weighted by molar-refractivity contribution is 7.13. The number of nitrogens with one attached hydrogen (secondary N) is 2. The minimum Gasteiger partial charge on any atom is -0.481 e. The molecule has 8 nitrogen and oxygen atoms in total. The first kappa shape index (κ1) is 21.6. The number of carbonyl (C=O) groups excluding carboxylic acids is 1. The van der Waals surface area contributed by atoms with Crippen molar-refractivity contribution in [2.45, 2.75) is 40.3 Å². The minimum atomic E-state index is -0.330. The quantitative estimate of drug-likeness (QED) is 0.396. The summed E-state index contributed by atoms with van der Waals surface area (Å²) in [7, 11) is 1.59. The van der Waals surface area contributed by atoms with Gasteiger partial charge in [-0.2, -0.15) is 0 Å². The van der Waals surface area contributed by atoms with E-state index in [9.17, 15) is 4.79 Å². The molecule has 9 heteroatoms. The molecule has 2 aromatic rings. The highest BCUT2D eigenvalue weighted by Crippen LogP contribution is 2.24. The van der Waals surface area contributed by atoms with Crippen molar-refractivity contribution in [2.24, 2.45) is 4.99 Å². The number of thiazole rings is 1. The second kappa shape index (κ2) is 10.6. The third-order valence-corrected chi connectivity index (χ3v) is 5.09. The summed E-state index contributed by atoms with van der Waals surface area (Å²) < 4.78 is 10.2. The van der Waals surface area contributed by atoms with Crippen LogP contribution in [0.1, 0.15) is 52.7 Å². The lowest BCUT2D eigenvalue weighted by Crippen LogP contribution is -2.38. The van der Waals surface area contributed by atoms with E-state index in [0.717, 1.165) is 17.1 Å². The number of rotatable bonds is 8. The van der Waals surface area contributed by atoms with Crippen LogP contribution in [0.25, 0.3) is 0 Å². The highest BCUT2D eigenvalue weighted by atomic mass is 32.1. The largest absolute Gasteiger partial charge is 0.481 e. The molecule has 0 spiro atoms. The fourth-order valence-electron chi connectivity index (χ4n) is 2.37. The molecule has 0 aliphatic carbocycles. The minimum absolute atomic E-state index is 0.112. The van der Waals surface area contributed by atoms with E-state index in [1.807, 2.05) is 32.9 Å². The molecule has 2 N–H and O–H groups in total. The van der Waals surface area contributed by atoms with Crippen LogP contribution in [0.3, 0.4) is 0 Å². The Hall–Kier alpha value is -2.68. The molecular formula is C19H27N5O3S. The van der Waals surface area contributed by atoms with Gasteiger partial charge in [0.2, 0.25) is 5.88 Å². The van der Waals surface area contributed by atoms with Gasteiger partial charge in [0.25, 0.3) is 0 Å². The SMILES string of the molecule is CCNC(=NCc1ccc(OC)nc1)NC(C)c1nc(C)c(C(=O)OCC)s1. The first-order valence-electron chi connectivity index (χ1n) is 9.16. The van der Waals surface area contributed by atoms with Gasteiger partial charge >= 0.3 is 5.97 Å². The Kier molecular flexibility index (Phi) is 8.19. The van der Waals surface area contributed by atoms with Gasteiger partial charge in [-0.05, 0) is 33.3 Å². The third kappa shape index (κ3) is 5.91. The Balaban J connectivity index is 2.07. The maximum Gasteiger partial charge on any atom is 0.350 e. The van der Waals surface area contributed by atoms with Gasteiger partial charge in [0.15, 0.2) is 5.96 Å². The number of hydrogen-bond donors (Lipinski definition) is 2. The maximum atomic E-state index is 12.0. The van der Waals surface area contributed by atoms with Crippen molar-refractivity contribution in [3.05, 3.63) is 39.5 Å². The summed E-state index contributed by atoms with van der Waals surface area (Å²) in [6.45, 7) is 9.13. The van der Waals surface area contributed by atoms with Crippen LogP contribution in [0.2, 0.25) is 0 Å². The van der Waals surface area contributed by atoms with E-state index in [4.69, 9.17) is 9.47 Å². The van der Waals surface area contributed by atoms with Crippen LogP contribution in [-0.4, -0.2) is 42.2 Å². The molecule has 1 atom stereocenters. The summed E-state index contributed by atoms with van der Waals surface area (Å²) in [6.07, 6.45) is 1.74. The molecule has 1 unspecified atom stereocenters. The normalized spacial score (nSPS) is 12.4. The second-order valence-corrected chi connectivity index (χ2v) is 6.99.